The summed E-state index contributed by atoms with van der Waals surface area (Å²) in [5.41, 5.74) is 1.22. The minimum absolute atomic E-state index is 0.0783. The molecule has 0 fully saturated rings. The third kappa shape index (κ3) is 3.19. The Morgan fingerprint density at radius 3 is 2.60 bits per heavy atom. The van der Waals surface area contributed by atoms with Gasteiger partial charge in [0.15, 0.2) is 0 Å². The lowest BCUT2D eigenvalue weighted by atomic mass is 10.2. The highest BCUT2D eigenvalue weighted by molar-refractivity contribution is 7.85. The maximum atomic E-state index is 10.9. The summed E-state index contributed by atoms with van der Waals surface area (Å²) in [5.74, 6) is 0. The van der Waals surface area contributed by atoms with Crippen LogP contribution in [0.15, 0.2) is 23.1 Å². The minimum Gasteiger partial charge on any atom is -0.365 e. The standard InChI is InChI=1S/C9H13NO4S/c1-7-5-8(10-6-14-2)3-4-9(7)15(11,12)13/h3-5,10H,6H2,1-2H3,(H,11,12,13). The van der Waals surface area contributed by atoms with Crippen molar-refractivity contribution in [2.24, 2.45) is 0 Å². The molecule has 0 saturated heterocycles. The van der Waals surface area contributed by atoms with Crippen molar-refractivity contribution in [3.63, 3.8) is 0 Å². The molecule has 15 heavy (non-hydrogen) atoms. The van der Waals surface area contributed by atoms with Crippen molar-refractivity contribution >= 4 is 15.8 Å². The van der Waals surface area contributed by atoms with Gasteiger partial charge in [-0.25, -0.2) is 0 Å². The predicted octanol–water partition coefficient (Wildman–Crippen LogP) is 1.26. The number of aryl methyl sites for hydroxylation is 1. The van der Waals surface area contributed by atoms with Crippen LogP contribution in [0.2, 0.25) is 0 Å². The maximum absolute atomic E-state index is 10.9. The zero-order chi connectivity index (χ0) is 11.5. The third-order valence-electron chi connectivity index (χ3n) is 1.87. The Hall–Kier alpha value is -1.11. The summed E-state index contributed by atoms with van der Waals surface area (Å²) in [6.07, 6.45) is 0. The quantitative estimate of drug-likeness (QED) is 0.602. The van der Waals surface area contributed by atoms with Gasteiger partial charge >= 0.3 is 0 Å². The molecular formula is C9H13NO4S. The molecule has 0 aliphatic carbocycles. The van der Waals surface area contributed by atoms with Gasteiger partial charge in [-0.15, -0.1) is 0 Å². The van der Waals surface area contributed by atoms with E-state index in [0.717, 1.165) is 5.69 Å². The molecule has 0 atom stereocenters. The lowest BCUT2D eigenvalue weighted by Gasteiger charge is -2.07. The largest absolute Gasteiger partial charge is 0.365 e. The van der Waals surface area contributed by atoms with Gasteiger partial charge in [-0.05, 0) is 30.7 Å². The predicted molar refractivity (Wildman–Crippen MR) is 56.5 cm³/mol. The highest BCUT2D eigenvalue weighted by Crippen LogP contribution is 2.19. The van der Waals surface area contributed by atoms with Crippen LogP contribution < -0.4 is 5.32 Å². The van der Waals surface area contributed by atoms with Crippen LogP contribution in [-0.4, -0.2) is 26.8 Å². The van der Waals surface area contributed by atoms with Crippen molar-refractivity contribution in [1.82, 2.24) is 0 Å². The summed E-state index contributed by atoms with van der Waals surface area (Å²) in [4.78, 5) is -0.0783. The van der Waals surface area contributed by atoms with E-state index in [-0.39, 0.29) is 4.90 Å². The first kappa shape index (κ1) is 12.0. The van der Waals surface area contributed by atoms with Gasteiger partial charge < -0.3 is 10.1 Å². The van der Waals surface area contributed by atoms with Crippen LogP contribution in [-0.2, 0) is 14.9 Å². The topological polar surface area (TPSA) is 75.6 Å². The first-order chi connectivity index (χ1) is 6.95. The zero-order valence-corrected chi connectivity index (χ0v) is 9.34. The lowest BCUT2D eigenvalue weighted by molar-refractivity contribution is 0.221. The number of ether oxygens (including phenoxy) is 1. The number of anilines is 1. The van der Waals surface area contributed by atoms with E-state index >= 15 is 0 Å². The molecule has 0 radical (unpaired) electrons. The van der Waals surface area contributed by atoms with Gasteiger partial charge in [-0.3, -0.25) is 4.55 Å². The number of benzene rings is 1. The first-order valence-electron chi connectivity index (χ1n) is 4.26. The molecule has 1 aromatic carbocycles. The van der Waals surface area contributed by atoms with Gasteiger partial charge in [0, 0.05) is 12.8 Å². The van der Waals surface area contributed by atoms with E-state index in [9.17, 15) is 8.42 Å². The van der Waals surface area contributed by atoms with Gasteiger partial charge in [-0.1, -0.05) is 0 Å². The second-order valence-electron chi connectivity index (χ2n) is 3.07. The fourth-order valence-electron chi connectivity index (χ4n) is 1.20. The lowest BCUT2D eigenvalue weighted by Crippen LogP contribution is -2.05. The molecule has 6 heteroatoms. The number of hydrogen-bond acceptors (Lipinski definition) is 4. The van der Waals surface area contributed by atoms with E-state index in [0.29, 0.717) is 12.3 Å². The van der Waals surface area contributed by atoms with E-state index in [1.165, 1.54) is 6.07 Å². The van der Waals surface area contributed by atoms with Crippen LogP contribution >= 0.6 is 0 Å². The van der Waals surface area contributed by atoms with E-state index in [2.05, 4.69) is 5.32 Å². The normalized spacial score (nSPS) is 11.4. The van der Waals surface area contributed by atoms with Gasteiger partial charge in [0.2, 0.25) is 0 Å². The van der Waals surface area contributed by atoms with Crippen molar-refractivity contribution in [1.29, 1.82) is 0 Å². The van der Waals surface area contributed by atoms with E-state index in [1.807, 2.05) is 0 Å². The van der Waals surface area contributed by atoms with Crippen LogP contribution in [0.5, 0.6) is 0 Å². The Bertz CT molecular complexity index is 441. The molecule has 0 saturated carbocycles. The maximum Gasteiger partial charge on any atom is 0.294 e. The molecule has 0 bridgehead atoms. The molecular weight excluding hydrogens is 218 g/mol. The minimum atomic E-state index is -4.13. The summed E-state index contributed by atoms with van der Waals surface area (Å²) >= 11 is 0. The molecule has 2 N–H and O–H groups in total. The molecule has 0 unspecified atom stereocenters. The Balaban J connectivity index is 2.99. The van der Waals surface area contributed by atoms with Crippen molar-refractivity contribution in [2.75, 3.05) is 19.2 Å². The fraction of sp³-hybridized carbons (Fsp3) is 0.333. The van der Waals surface area contributed by atoms with Crippen LogP contribution in [0.1, 0.15) is 5.56 Å². The van der Waals surface area contributed by atoms with Gasteiger partial charge in [0.1, 0.15) is 6.73 Å². The molecule has 5 nitrogen and oxygen atoms in total. The number of methoxy groups -OCH3 is 1. The average molecular weight is 231 g/mol. The summed E-state index contributed by atoms with van der Waals surface area (Å²) in [5, 5.41) is 2.92. The monoisotopic (exact) mass is 231 g/mol. The second-order valence-corrected chi connectivity index (χ2v) is 4.46. The number of rotatable bonds is 4. The fourth-order valence-corrected chi connectivity index (χ4v) is 1.91. The number of hydrogen-bond donors (Lipinski definition) is 2. The average Bonchev–Trinajstić information content (AvgIpc) is 2.12. The van der Waals surface area contributed by atoms with Crippen LogP contribution in [0.4, 0.5) is 5.69 Å². The molecule has 0 amide bonds. The summed E-state index contributed by atoms with van der Waals surface area (Å²) in [6.45, 7) is 1.95. The Kier molecular flexibility index (Phi) is 3.67. The van der Waals surface area contributed by atoms with Crippen molar-refractivity contribution in [2.45, 2.75) is 11.8 Å². The second kappa shape index (κ2) is 4.61. The van der Waals surface area contributed by atoms with Crippen LogP contribution in [0.25, 0.3) is 0 Å². The van der Waals surface area contributed by atoms with Gasteiger partial charge in [0.05, 0.1) is 4.90 Å². The van der Waals surface area contributed by atoms with Gasteiger partial charge in [0.25, 0.3) is 10.1 Å². The molecule has 1 rings (SSSR count). The summed E-state index contributed by atoms with van der Waals surface area (Å²) in [7, 11) is -2.58. The smallest absolute Gasteiger partial charge is 0.294 e. The molecule has 0 spiro atoms. The third-order valence-corrected chi connectivity index (χ3v) is 2.89. The number of nitrogens with one attached hydrogen (secondary N) is 1. The zero-order valence-electron chi connectivity index (χ0n) is 8.52. The van der Waals surface area contributed by atoms with Crippen molar-refractivity contribution < 1.29 is 17.7 Å². The molecule has 84 valence electrons. The Morgan fingerprint density at radius 1 is 1.47 bits per heavy atom. The van der Waals surface area contributed by atoms with E-state index in [4.69, 9.17) is 9.29 Å². The SMILES string of the molecule is COCNc1ccc(S(=O)(=O)O)c(C)c1. The molecule has 0 aliphatic heterocycles. The Labute approximate surface area is 88.8 Å². The molecule has 0 aliphatic rings. The summed E-state index contributed by atoms with van der Waals surface area (Å²) < 4.78 is 35.4. The molecule has 1 aromatic rings. The summed E-state index contributed by atoms with van der Waals surface area (Å²) in [6, 6.07) is 4.54. The van der Waals surface area contributed by atoms with E-state index in [1.54, 1.807) is 26.2 Å². The first-order valence-corrected chi connectivity index (χ1v) is 5.70. The van der Waals surface area contributed by atoms with Crippen molar-refractivity contribution in [3.8, 4) is 0 Å². The van der Waals surface area contributed by atoms with Crippen LogP contribution in [0, 0.1) is 6.92 Å². The van der Waals surface area contributed by atoms with Gasteiger partial charge in [-0.2, -0.15) is 8.42 Å². The van der Waals surface area contributed by atoms with Crippen molar-refractivity contribution in [3.05, 3.63) is 23.8 Å². The molecule has 0 aromatic heterocycles. The van der Waals surface area contributed by atoms with E-state index < -0.39 is 10.1 Å². The Morgan fingerprint density at radius 2 is 2.13 bits per heavy atom. The van der Waals surface area contributed by atoms with Crippen LogP contribution in [0.3, 0.4) is 0 Å². The highest BCUT2D eigenvalue weighted by atomic mass is 32.2. The highest BCUT2D eigenvalue weighted by Gasteiger charge is 2.12. The molecule has 0 heterocycles.